The van der Waals surface area contributed by atoms with Crippen LogP contribution in [-0.4, -0.2) is 17.1 Å². The van der Waals surface area contributed by atoms with Crippen LogP contribution in [0.15, 0.2) is 16.8 Å². The van der Waals surface area contributed by atoms with E-state index in [4.69, 9.17) is 10.3 Å². The molecular formula is C10H17N3O2. The molecule has 0 fully saturated rings. The zero-order chi connectivity index (χ0) is 11.3. The number of aromatic nitrogens is 1. The molecule has 0 saturated carbocycles. The highest BCUT2D eigenvalue weighted by Crippen LogP contribution is 2.03. The summed E-state index contributed by atoms with van der Waals surface area (Å²) >= 11 is 0. The van der Waals surface area contributed by atoms with Gasteiger partial charge < -0.3 is 15.6 Å². The van der Waals surface area contributed by atoms with Gasteiger partial charge in [-0.2, -0.15) is 0 Å². The Bertz CT molecular complexity index is 296. The average Bonchev–Trinajstić information content (AvgIpc) is 2.65. The van der Waals surface area contributed by atoms with Gasteiger partial charge in [0.2, 0.25) is 5.91 Å². The number of rotatable bonds is 5. The van der Waals surface area contributed by atoms with Crippen LogP contribution in [0.2, 0.25) is 0 Å². The highest BCUT2D eigenvalue weighted by Gasteiger charge is 2.14. The molecule has 0 aliphatic rings. The molecule has 1 amide bonds. The molecule has 0 aliphatic heterocycles. The minimum absolute atomic E-state index is 0.153. The summed E-state index contributed by atoms with van der Waals surface area (Å²) < 4.78 is 4.84. The van der Waals surface area contributed by atoms with E-state index in [0.717, 1.165) is 0 Å². The second kappa shape index (κ2) is 5.50. The van der Waals surface area contributed by atoms with Crippen molar-refractivity contribution >= 4 is 5.91 Å². The van der Waals surface area contributed by atoms with Crippen molar-refractivity contribution in [2.45, 2.75) is 32.9 Å². The lowest BCUT2D eigenvalue weighted by Crippen LogP contribution is -2.40. The molecule has 0 aliphatic carbocycles. The van der Waals surface area contributed by atoms with Crippen LogP contribution in [0.1, 0.15) is 26.0 Å². The Labute approximate surface area is 89.0 Å². The lowest BCUT2D eigenvalue weighted by atomic mass is 10.0. The fraction of sp³-hybridized carbons (Fsp3) is 0.600. The minimum Gasteiger partial charge on any atom is -0.360 e. The maximum atomic E-state index is 11.5. The van der Waals surface area contributed by atoms with Gasteiger partial charge in [-0.25, -0.2) is 0 Å². The van der Waals surface area contributed by atoms with E-state index in [0.29, 0.717) is 24.6 Å². The van der Waals surface area contributed by atoms with Crippen LogP contribution in [0.5, 0.6) is 0 Å². The smallest absolute Gasteiger partial charge is 0.237 e. The molecule has 0 bridgehead atoms. The zero-order valence-corrected chi connectivity index (χ0v) is 9.06. The Hall–Kier alpha value is -1.36. The summed E-state index contributed by atoms with van der Waals surface area (Å²) in [4.78, 5) is 11.5. The molecule has 0 aromatic carbocycles. The Kier molecular flexibility index (Phi) is 4.30. The number of amides is 1. The first-order chi connectivity index (χ1) is 7.09. The van der Waals surface area contributed by atoms with Crippen molar-refractivity contribution in [2.75, 3.05) is 0 Å². The summed E-state index contributed by atoms with van der Waals surface area (Å²) in [5.74, 6) is 0.885. The molecule has 0 spiro atoms. The van der Waals surface area contributed by atoms with Crippen LogP contribution in [-0.2, 0) is 11.3 Å². The van der Waals surface area contributed by atoms with Crippen molar-refractivity contribution in [2.24, 2.45) is 11.7 Å². The van der Waals surface area contributed by atoms with Gasteiger partial charge in [0, 0.05) is 6.07 Å². The fourth-order valence-electron chi connectivity index (χ4n) is 1.25. The summed E-state index contributed by atoms with van der Waals surface area (Å²) in [6.45, 7) is 4.40. The van der Waals surface area contributed by atoms with Gasteiger partial charge in [-0.15, -0.1) is 0 Å². The number of nitrogens with zero attached hydrogens (tertiary/aromatic N) is 1. The Morgan fingerprint density at radius 1 is 1.67 bits per heavy atom. The molecular weight excluding hydrogens is 194 g/mol. The summed E-state index contributed by atoms with van der Waals surface area (Å²) in [6.07, 6.45) is 2.22. The molecule has 15 heavy (non-hydrogen) atoms. The molecule has 0 saturated heterocycles. The number of nitrogens with one attached hydrogen (secondary N) is 1. The molecule has 1 aromatic rings. The lowest BCUT2D eigenvalue weighted by molar-refractivity contribution is -0.122. The van der Waals surface area contributed by atoms with Crippen molar-refractivity contribution < 1.29 is 9.32 Å². The van der Waals surface area contributed by atoms with Crippen LogP contribution in [0, 0.1) is 5.92 Å². The van der Waals surface area contributed by atoms with Crippen LogP contribution in [0.4, 0.5) is 0 Å². The second-order valence-corrected chi connectivity index (χ2v) is 3.93. The number of hydrogen-bond acceptors (Lipinski definition) is 4. The fourth-order valence-corrected chi connectivity index (χ4v) is 1.25. The molecule has 1 unspecified atom stereocenters. The van der Waals surface area contributed by atoms with Gasteiger partial charge in [-0.3, -0.25) is 4.79 Å². The maximum Gasteiger partial charge on any atom is 0.237 e. The van der Waals surface area contributed by atoms with E-state index in [1.54, 1.807) is 6.07 Å². The summed E-state index contributed by atoms with van der Waals surface area (Å²) in [7, 11) is 0. The third-order valence-corrected chi connectivity index (χ3v) is 1.99. The monoisotopic (exact) mass is 211 g/mol. The topological polar surface area (TPSA) is 81.2 Å². The molecule has 84 valence electrons. The minimum atomic E-state index is -0.451. The van der Waals surface area contributed by atoms with Crippen molar-refractivity contribution in [1.82, 2.24) is 10.5 Å². The SMILES string of the molecule is CC(C)CC(N)C(=O)NCc1ccno1. The number of carbonyl (C=O) groups excluding carboxylic acids is 1. The highest BCUT2D eigenvalue weighted by molar-refractivity contribution is 5.81. The van der Waals surface area contributed by atoms with Crippen LogP contribution < -0.4 is 11.1 Å². The zero-order valence-electron chi connectivity index (χ0n) is 9.06. The van der Waals surface area contributed by atoms with Gasteiger partial charge in [0.05, 0.1) is 18.8 Å². The Morgan fingerprint density at radius 2 is 2.40 bits per heavy atom. The summed E-state index contributed by atoms with van der Waals surface area (Å²) in [5.41, 5.74) is 5.70. The molecule has 5 nitrogen and oxygen atoms in total. The van der Waals surface area contributed by atoms with Crippen molar-refractivity contribution in [3.8, 4) is 0 Å². The third kappa shape index (κ3) is 4.12. The summed E-state index contributed by atoms with van der Waals surface area (Å²) in [6, 6.07) is 1.25. The third-order valence-electron chi connectivity index (χ3n) is 1.99. The quantitative estimate of drug-likeness (QED) is 0.749. The molecule has 1 heterocycles. The number of carbonyl (C=O) groups is 1. The average molecular weight is 211 g/mol. The molecule has 0 radical (unpaired) electrons. The predicted molar refractivity (Wildman–Crippen MR) is 55.8 cm³/mol. The molecule has 1 aromatic heterocycles. The van der Waals surface area contributed by atoms with Gasteiger partial charge in [0.15, 0.2) is 5.76 Å². The first-order valence-corrected chi connectivity index (χ1v) is 5.02. The van der Waals surface area contributed by atoms with E-state index >= 15 is 0 Å². The molecule has 1 atom stereocenters. The van der Waals surface area contributed by atoms with Gasteiger partial charge >= 0.3 is 0 Å². The molecule has 1 rings (SSSR count). The maximum absolute atomic E-state index is 11.5. The van der Waals surface area contributed by atoms with E-state index in [2.05, 4.69) is 10.5 Å². The second-order valence-electron chi connectivity index (χ2n) is 3.93. The van der Waals surface area contributed by atoms with E-state index < -0.39 is 6.04 Å². The Balaban J connectivity index is 2.29. The highest BCUT2D eigenvalue weighted by atomic mass is 16.5. The van der Waals surface area contributed by atoms with Crippen LogP contribution in [0.3, 0.4) is 0 Å². The normalized spacial score (nSPS) is 12.8. The standard InChI is InChI=1S/C10H17N3O2/c1-7(2)5-9(11)10(14)12-6-8-3-4-13-15-8/h3-4,7,9H,5-6,11H2,1-2H3,(H,12,14). The van der Waals surface area contributed by atoms with E-state index in [1.165, 1.54) is 6.20 Å². The lowest BCUT2D eigenvalue weighted by Gasteiger charge is -2.13. The van der Waals surface area contributed by atoms with Crippen molar-refractivity contribution in [3.05, 3.63) is 18.0 Å². The van der Waals surface area contributed by atoms with Crippen LogP contribution in [0.25, 0.3) is 0 Å². The van der Waals surface area contributed by atoms with Crippen LogP contribution >= 0.6 is 0 Å². The van der Waals surface area contributed by atoms with Gasteiger partial charge in [-0.05, 0) is 12.3 Å². The molecule has 5 heteroatoms. The first kappa shape index (κ1) is 11.7. The van der Waals surface area contributed by atoms with E-state index in [-0.39, 0.29) is 5.91 Å². The van der Waals surface area contributed by atoms with Gasteiger partial charge in [0.1, 0.15) is 0 Å². The number of hydrogen-bond donors (Lipinski definition) is 2. The van der Waals surface area contributed by atoms with Crippen molar-refractivity contribution in [3.63, 3.8) is 0 Å². The summed E-state index contributed by atoms with van der Waals surface area (Å²) in [5, 5.41) is 6.23. The van der Waals surface area contributed by atoms with Gasteiger partial charge in [0.25, 0.3) is 0 Å². The largest absolute Gasteiger partial charge is 0.360 e. The van der Waals surface area contributed by atoms with Crippen molar-refractivity contribution in [1.29, 1.82) is 0 Å². The molecule has 3 N–H and O–H groups in total. The number of nitrogens with two attached hydrogens (primary N) is 1. The predicted octanol–water partition coefficient (Wildman–Crippen LogP) is 0.664. The Morgan fingerprint density at radius 3 is 2.93 bits per heavy atom. The van der Waals surface area contributed by atoms with Gasteiger partial charge in [-0.1, -0.05) is 19.0 Å². The van der Waals surface area contributed by atoms with E-state index in [1.807, 2.05) is 13.8 Å². The first-order valence-electron chi connectivity index (χ1n) is 5.02. The van der Waals surface area contributed by atoms with E-state index in [9.17, 15) is 4.79 Å².